The molecule has 2 N–H and O–H groups in total. The monoisotopic (exact) mass is 477 g/mol. The van der Waals surface area contributed by atoms with Crippen LogP contribution in [0.1, 0.15) is 26.1 Å². The third-order valence-electron chi connectivity index (χ3n) is 4.73. The molecule has 0 radical (unpaired) electrons. The van der Waals surface area contributed by atoms with Gasteiger partial charge in [-0.3, -0.25) is 9.89 Å². The average Bonchev–Trinajstić information content (AvgIpc) is 3.08. The predicted octanol–water partition coefficient (Wildman–Crippen LogP) is 0.734. The number of morpholine rings is 1. The van der Waals surface area contributed by atoms with Gasteiger partial charge in [0.25, 0.3) is 0 Å². The molecule has 9 heteroatoms. The van der Waals surface area contributed by atoms with Crippen LogP contribution in [-0.2, 0) is 17.7 Å². The Morgan fingerprint density at radius 1 is 1.42 bits per heavy atom. The number of rotatable bonds is 6. The van der Waals surface area contributed by atoms with Gasteiger partial charge in [0.2, 0.25) is 0 Å². The van der Waals surface area contributed by atoms with Crippen molar-refractivity contribution >= 4 is 29.9 Å². The van der Waals surface area contributed by atoms with Gasteiger partial charge in [0, 0.05) is 45.2 Å². The van der Waals surface area contributed by atoms with Crippen molar-refractivity contribution in [3.8, 4) is 0 Å². The second kappa shape index (κ2) is 11.0. The Bertz CT molecular complexity index is 559. The first kappa shape index (κ1) is 21.4. The van der Waals surface area contributed by atoms with E-state index in [4.69, 9.17) is 9.73 Å². The van der Waals surface area contributed by atoms with Crippen molar-refractivity contribution in [3.05, 3.63) is 12.2 Å². The molecule has 1 saturated heterocycles. The Kier molecular flexibility index (Phi) is 9.06. The van der Waals surface area contributed by atoms with Crippen molar-refractivity contribution < 1.29 is 4.74 Å². The van der Waals surface area contributed by atoms with Gasteiger partial charge in [-0.2, -0.15) is 5.10 Å². The largest absolute Gasteiger partial charge is 0.379 e. The first-order valence-corrected chi connectivity index (χ1v) is 9.46. The lowest BCUT2D eigenvalue weighted by Gasteiger charge is -2.29. The Labute approximate surface area is 173 Å². The van der Waals surface area contributed by atoms with E-state index in [1.807, 2.05) is 4.68 Å². The van der Waals surface area contributed by atoms with Crippen LogP contribution in [0, 0.1) is 5.92 Å². The molecule has 0 saturated carbocycles. The molecular weight excluding hydrogens is 445 g/mol. The summed E-state index contributed by atoms with van der Waals surface area (Å²) in [7, 11) is 0. The lowest BCUT2D eigenvalue weighted by molar-refractivity contribution is 0.0323. The minimum atomic E-state index is 0. The molecule has 2 unspecified atom stereocenters. The summed E-state index contributed by atoms with van der Waals surface area (Å²) in [5.74, 6) is 2.52. The van der Waals surface area contributed by atoms with E-state index in [1.165, 1.54) is 0 Å². The molecule has 0 spiro atoms. The molecule has 0 aliphatic carbocycles. The topological polar surface area (TPSA) is 79.6 Å². The Balaban J connectivity index is 0.00000243. The number of halogens is 1. The van der Waals surface area contributed by atoms with Gasteiger partial charge < -0.3 is 15.4 Å². The summed E-state index contributed by atoms with van der Waals surface area (Å²) in [6.07, 6.45) is 3.67. The highest BCUT2D eigenvalue weighted by Gasteiger charge is 2.20. The highest BCUT2D eigenvalue weighted by molar-refractivity contribution is 14.0. The van der Waals surface area contributed by atoms with Gasteiger partial charge in [-0.25, -0.2) is 9.67 Å². The number of nitrogens with zero attached hydrogens (tertiary/aromatic N) is 5. The average molecular weight is 477 g/mol. The molecule has 26 heavy (non-hydrogen) atoms. The van der Waals surface area contributed by atoms with Crippen LogP contribution < -0.4 is 10.6 Å². The minimum Gasteiger partial charge on any atom is -0.379 e. The summed E-state index contributed by atoms with van der Waals surface area (Å²) in [4.78, 5) is 11.6. The van der Waals surface area contributed by atoms with Crippen LogP contribution in [0.25, 0.3) is 0 Å². The maximum Gasteiger partial charge on any atom is 0.191 e. The van der Waals surface area contributed by atoms with Crippen molar-refractivity contribution in [3.63, 3.8) is 0 Å². The smallest absolute Gasteiger partial charge is 0.191 e. The number of nitrogens with one attached hydrogen (secondary N) is 2. The van der Waals surface area contributed by atoms with Gasteiger partial charge in [-0.15, -0.1) is 24.0 Å². The van der Waals surface area contributed by atoms with Gasteiger partial charge in [-0.05, 0) is 19.3 Å². The van der Waals surface area contributed by atoms with E-state index in [1.54, 1.807) is 6.33 Å². The fourth-order valence-corrected chi connectivity index (χ4v) is 3.40. The van der Waals surface area contributed by atoms with E-state index in [0.717, 1.165) is 77.1 Å². The number of aryl methyl sites for hydroxylation is 1. The Morgan fingerprint density at radius 3 is 3.00 bits per heavy atom. The Morgan fingerprint density at radius 2 is 2.23 bits per heavy atom. The molecule has 0 aromatic carbocycles. The molecule has 1 aromatic heterocycles. The lowest BCUT2D eigenvalue weighted by atomic mass is 10.1. The zero-order valence-electron chi connectivity index (χ0n) is 15.9. The van der Waals surface area contributed by atoms with E-state index in [9.17, 15) is 0 Å². The highest BCUT2D eigenvalue weighted by atomic mass is 127. The molecule has 2 aliphatic heterocycles. The first-order valence-electron chi connectivity index (χ1n) is 9.46. The quantitative estimate of drug-likeness (QED) is 0.358. The summed E-state index contributed by atoms with van der Waals surface area (Å²) >= 11 is 0. The minimum absolute atomic E-state index is 0. The normalized spacial score (nSPS) is 22.2. The molecule has 1 aromatic rings. The van der Waals surface area contributed by atoms with Crippen molar-refractivity contribution in [2.75, 3.05) is 45.9 Å². The number of hydrogen-bond donors (Lipinski definition) is 2. The van der Waals surface area contributed by atoms with E-state index in [0.29, 0.717) is 12.0 Å². The summed E-state index contributed by atoms with van der Waals surface area (Å²) < 4.78 is 7.41. The number of hydrogen-bond acceptors (Lipinski definition) is 5. The fourth-order valence-electron chi connectivity index (χ4n) is 3.40. The molecule has 1 fully saturated rings. The van der Waals surface area contributed by atoms with Crippen molar-refractivity contribution in [1.29, 1.82) is 0 Å². The van der Waals surface area contributed by atoms with Gasteiger partial charge >= 0.3 is 0 Å². The lowest BCUT2D eigenvalue weighted by Crippen LogP contribution is -2.47. The van der Waals surface area contributed by atoms with E-state index >= 15 is 0 Å². The standard InChI is InChI=1S/C17H31N7O.HI/c1-3-18-17(19-10-14(2)11-23-6-8-25-9-7-23)22-15-4-5-16-20-13-21-24(16)12-15;/h13-15H,3-12H2,1-2H3,(H2,18,19,22);1H. The summed E-state index contributed by atoms with van der Waals surface area (Å²) in [5.41, 5.74) is 0. The zero-order valence-corrected chi connectivity index (χ0v) is 18.2. The fraction of sp³-hybridized carbons (Fsp3) is 0.824. The molecule has 2 atom stereocenters. The summed E-state index contributed by atoms with van der Waals surface area (Å²) in [5, 5.41) is 11.2. The van der Waals surface area contributed by atoms with Crippen molar-refractivity contribution in [1.82, 2.24) is 30.3 Å². The second-order valence-corrected chi connectivity index (χ2v) is 6.98. The number of ether oxygens (including phenoxy) is 1. The van der Waals surface area contributed by atoms with Crippen LogP contribution in [-0.4, -0.2) is 77.6 Å². The predicted molar refractivity (Wildman–Crippen MR) is 113 cm³/mol. The van der Waals surface area contributed by atoms with Gasteiger partial charge in [-0.1, -0.05) is 6.92 Å². The molecular formula is C17H32IN7O. The van der Waals surface area contributed by atoms with Gasteiger partial charge in [0.05, 0.1) is 19.8 Å². The zero-order chi connectivity index (χ0) is 17.5. The van der Waals surface area contributed by atoms with Crippen LogP contribution >= 0.6 is 24.0 Å². The van der Waals surface area contributed by atoms with E-state index in [-0.39, 0.29) is 24.0 Å². The van der Waals surface area contributed by atoms with Crippen LogP contribution in [0.3, 0.4) is 0 Å². The molecule has 2 aliphatic rings. The second-order valence-electron chi connectivity index (χ2n) is 6.98. The first-order chi connectivity index (χ1) is 12.2. The highest BCUT2D eigenvalue weighted by Crippen LogP contribution is 2.11. The number of fused-ring (bicyclic) bond motifs is 1. The van der Waals surface area contributed by atoms with Gasteiger partial charge in [0.1, 0.15) is 12.2 Å². The summed E-state index contributed by atoms with van der Waals surface area (Å²) in [6, 6.07) is 0.349. The Hall–Kier alpha value is -0.940. The van der Waals surface area contributed by atoms with Gasteiger partial charge in [0.15, 0.2) is 5.96 Å². The maximum absolute atomic E-state index is 5.41. The third kappa shape index (κ3) is 6.34. The van der Waals surface area contributed by atoms with Crippen molar-refractivity contribution in [2.45, 2.75) is 39.3 Å². The SMILES string of the molecule is CCNC(=NCC(C)CN1CCOCC1)NC1CCc2ncnn2C1.I. The number of guanidine groups is 1. The molecule has 0 amide bonds. The van der Waals surface area contributed by atoms with Crippen LogP contribution in [0.15, 0.2) is 11.3 Å². The number of aromatic nitrogens is 3. The van der Waals surface area contributed by atoms with Crippen LogP contribution in [0.5, 0.6) is 0 Å². The molecule has 0 bridgehead atoms. The summed E-state index contributed by atoms with van der Waals surface area (Å²) in [6.45, 7) is 11.8. The molecule has 8 nitrogen and oxygen atoms in total. The molecule has 3 heterocycles. The van der Waals surface area contributed by atoms with Crippen LogP contribution in [0.2, 0.25) is 0 Å². The molecule has 3 rings (SSSR count). The van der Waals surface area contributed by atoms with E-state index in [2.05, 4.69) is 39.5 Å². The number of aliphatic imine (C=N–C) groups is 1. The van der Waals surface area contributed by atoms with Crippen LogP contribution in [0.4, 0.5) is 0 Å². The molecule has 148 valence electrons. The van der Waals surface area contributed by atoms with E-state index < -0.39 is 0 Å². The third-order valence-corrected chi connectivity index (χ3v) is 4.73. The van der Waals surface area contributed by atoms with Crippen molar-refractivity contribution in [2.24, 2.45) is 10.9 Å². The maximum atomic E-state index is 5.41.